The molecule has 106 valence electrons. The molecular weight excluding hydrogens is 284 g/mol. The molecule has 0 spiro atoms. The standard InChI is InChI=1S/C13H18O4S2/c1-3-17-13-7-5-4-6-11(13)12(14)10-18-8-9-19(2,15)16/h4-7H,3,8-10H2,1-2H3. The minimum atomic E-state index is -2.96. The highest BCUT2D eigenvalue weighted by molar-refractivity contribution is 8.01. The summed E-state index contributed by atoms with van der Waals surface area (Å²) >= 11 is 1.33. The largest absolute Gasteiger partial charge is 0.493 e. The van der Waals surface area contributed by atoms with Crippen LogP contribution in [0.25, 0.3) is 0 Å². The summed E-state index contributed by atoms with van der Waals surface area (Å²) in [6.45, 7) is 2.37. The monoisotopic (exact) mass is 302 g/mol. The van der Waals surface area contributed by atoms with Crippen molar-refractivity contribution < 1.29 is 17.9 Å². The van der Waals surface area contributed by atoms with Gasteiger partial charge in [0.15, 0.2) is 5.78 Å². The van der Waals surface area contributed by atoms with Gasteiger partial charge in [0, 0.05) is 12.0 Å². The Morgan fingerprint density at radius 3 is 2.63 bits per heavy atom. The van der Waals surface area contributed by atoms with Crippen LogP contribution in [0, 0.1) is 0 Å². The van der Waals surface area contributed by atoms with Gasteiger partial charge in [-0.15, -0.1) is 0 Å². The molecule has 0 N–H and O–H groups in total. The number of rotatable bonds is 8. The summed E-state index contributed by atoms with van der Waals surface area (Å²) in [7, 11) is -2.96. The lowest BCUT2D eigenvalue weighted by Gasteiger charge is -2.08. The third-order valence-electron chi connectivity index (χ3n) is 2.32. The van der Waals surface area contributed by atoms with Gasteiger partial charge in [-0.1, -0.05) is 12.1 Å². The van der Waals surface area contributed by atoms with Crippen molar-refractivity contribution in [3.63, 3.8) is 0 Å². The Morgan fingerprint density at radius 1 is 1.32 bits per heavy atom. The van der Waals surface area contributed by atoms with Gasteiger partial charge < -0.3 is 4.74 Å². The number of Topliss-reactive ketones (excluding diaryl/α,β-unsaturated/α-hetero) is 1. The Morgan fingerprint density at radius 2 is 2.00 bits per heavy atom. The van der Waals surface area contributed by atoms with E-state index in [9.17, 15) is 13.2 Å². The van der Waals surface area contributed by atoms with Gasteiger partial charge in [0.2, 0.25) is 0 Å². The zero-order valence-electron chi connectivity index (χ0n) is 11.1. The molecule has 0 saturated carbocycles. The number of hydrogen-bond acceptors (Lipinski definition) is 5. The van der Waals surface area contributed by atoms with Gasteiger partial charge in [0.05, 0.1) is 23.7 Å². The van der Waals surface area contributed by atoms with Crippen molar-refractivity contribution in [1.82, 2.24) is 0 Å². The molecule has 0 radical (unpaired) electrons. The van der Waals surface area contributed by atoms with Crippen molar-refractivity contribution in [1.29, 1.82) is 0 Å². The molecule has 4 nitrogen and oxygen atoms in total. The van der Waals surface area contributed by atoms with Gasteiger partial charge in [-0.3, -0.25) is 4.79 Å². The van der Waals surface area contributed by atoms with Gasteiger partial charge >= 0.3 is 0 Å². The molecule has 0 aliphatic rings. The second-order valence-electron chi connectivity index (χ2n) is 4.03. The Kier molecular flexibility index (Phi) is 6.37. The van der Waals surface area contributed by atoms with Gasteiger partial charge in [0.25, 0.3) is 0 Å². The van der Waals surface area contributed by atoms with Crippen LogP contribution in [0.3, 0.4) is 0 Å². The lowest BCUT2D eigenvalue weighted by molar-refractivity contribution is 0.101. The number of para-hydroxylation sites is 1. The summed E-state index contributed by atoms with van der Waals surface area (Å²) in [5, 5.41) is 0. The van der Waals surface area contributed by atoms with Crippen LogP contribution in [0.1, 0.15) is 17.3 Å². The van der Waals surface area contributed by atoms with Crippen molar-refractivity contribution in [2.24, 2.45) is 0 Å². The number of ketones is 1. The summed E-state index contributed by atoms with van der Waals surface area (Å²) in [5.41, 5.74) is 0.552. The third kappa shape index (κ3) is 6.11. The quantitative estimate of drug-likeness (QED) is 0.543. The first-order chi connectivity index (χ1) is 8.94. The second kappa shape index (κ2) is 7.55. The molecule has 6 heteroatoms. The molecule has 0 unspecified atom stereocenters. The number of carbonyl (C=O) groups excluding carboxylic acids is 1. The molecular formula is C13H18O4S2. The Labute approximate surface area is 118 Å². The fourth-order valence-corrected chi connectivity index (χ4v) is 3.60. The maximum atomic E-state index is 12.0. The summed E-state index contributed by atoms with van der Waals surface area (Å²) < 4.78 is 27.3. The zero-order valence-corrected chi connectivity index (χ0v) is 12.7. The van der Waals surface area contributed by atoms with E-state index in [4.69, 9.17) is 4.74 Å². The molecule has 0 aliphatic heterocycles. The normalized spacial score (nSPS) is 11.3. The molecule has 0 bridgehead atoms. The molecule has 1 aromatic rings. The van der Waals surface area contributed by atoms with Crippen LogP contribution in [0.5, 0.6) is 5.75 Å². The molecule has 0 saturated heterocycles. The smallest absolute Gasteiger partial charge is 0.176 e. The summed E-state index contributed by atoms with van der Waals surface area (Å²) in [6.07, 6.45) is 1.19. The molecule has 1 aromatic carbocycles. The van der Waals surface area contributed by atoms with Crippen LogP contribution in [-0.4, -0.2) is 44.3 Å². The van der Waals surface area contributed by atoms with E-state index in [0.717, 1.165) is 0 Å². The number of sulfone groups is 1. The molecule has 0 amide bonds. The van der Waals surface area contributed by atoms with E-state index in [-0.39, 0.29) is 17.3 Å². The van der Waals surface area contributed by atoms with E-state index in [2.05, 4.69) is 0 Å². The minimum Gasteiger partial charge on any atom is -0.493 e. The number of ether oxygens (including phenoxy) is 1. The van der Waals surface area contributed by atoms with Crippen molar-refractivity contribution in [2.75, 3.05) is 30.1 Å². The fraction of sp³-hybridized carbons (Fsp3) is 0.462. The average molecular weight is 302 g/mol. The van der Waals surface area contributed by atoms with E-state index in [1.165, 1.54) is 18.0 Å². The summed E-state index contributed by atoms with van der Waals surface area (Å²) in [6, 6.07) is 7.10. The zero-order chi connectivity index (χ0) is 14.3. The van der Waals surface area contributed by atoms with Crippen LogP contribution in [0.15, 0.2) is 24.3 Å². The molecule has 19 heavy (non-hydrogen) atoms. The number of carbonyl (C=O) groups is 1. The van der Waals surface area contributed by atoms with E-state index in [0.29, 0.717) is 23.7 Å². The van der Waals surface area contributed by atoms with Gasteiger partial charge in [0.1, 0.15) is 15.6 Å². The van der Waals surface area contributed by atoms with Crippen molar-refractivity contribution >= 4 is 27.4 Å². The lowest BCUT2D eigenvalue weighted by Crippen LogP contribution is -2.09. The van der Waals surface area contributed by atoms with Crippen LogP contribution < -0.4 is 4.74 Å². The maximum absolute atomic E-state index is 12.0. The van der Waals surface area contributed by atoms with Crippen LogP contribution in [0.4, 0.5) is 0 Å². The summed E-state index contributed by atoms with van der Waals surface area (Å²) in [5.74, 6) is 1.33. The van der Waals surface area contributed by atoms with Gasteiger partial charge in [-0.25, -0.2) is 8.42 Å². The minimum absolute atomic E-state index is 0.0393. The van der Waals surface area contributed by atoms with Crippen LogP contribution in [-0.2, 0) is 9.84 Å². The molecule has 0 fully saturated rings. The van der Waals surface area contributed by atoms with Gasteiger partial charge in [-0.05, 0) is 19.1 Å². The Balaban J connectivity index is 2.54. The van der Waals surface area contributed by atoms with Gasteiger partial charge in [-0.2, -0.15) is 11.8 Å². The number of hydrogen-bond donors (Lipinski definition) is 0. The maximum Gasteiger partial charge on any atom is 0.176 e. The fourth-order valence-electron chi connectivity index (χ4n) is 1.43. The van der Waals surface area contributed by atoms with Crippen molar-refractivity contribution in [3.05, 3.63) is 29.8 Å². The highest BCUT2D eigenvalue weighted by Gasteiger charge is 2.12. The third-order valence-corrected chi connectivity index (χ3v) is 4.48. The molecule has 0 heterocycles. The first-order valence-corrected chi connectivity index (χ1v) is 9.16. The van der Waals surface area contributed by atoms with Crippen molar-refractivity contribution in [2.45, 2.75) is 6.92 Å². The van der Waals surface area contributed by atoms with E-state index in [1.807, 2.05) is 13.0 Å². The average Bonchev–Trinajstić information content (AvgIpc) is 2.34. The molecule has 0 aromatic heterocycles. The first kappa shape index (κ1) is 16.0. The van der Waals surface area contributed by atoms with Crippen molar-refractivity contribution in [3.8, 4) is 5.75 Å². The SMILES string of the molecule is CCOc1ccccc1C(=O)CSCCS(C)(=O)=O. The predicted octanol–water partition coefficient (Wildman–Crippen LogP) is 2.05. The van der Waals surface area contributed by atoms with E-state index < -0.39 is 9.84 Å². The first-order valence-electron chi connectivity index (χ1n) is 5.94. The second-order valence-corrected chi connectivity index (χ2v) is 7.40. The Bertz CT molecular complexity index is 523. The van der Waals surface area contributed by atoms with E-state index in [1.54, 1.807) is 18.2 Å². The lowest BCUT2D eigenvalue weighted by atomic mass is 10.1. The summed E-state index contributed by atoms with van der Waals surface area (Å²) in [4.78, 5) is 12.0. The molecule has 1 rings (SSSR count). The number of thioether (sulfide) groups is 1. The number of benzene rings is 1. The topological polar surface area (TPSA) is 60.4 Å². The van der Waals surface area contributed by atoms with E-state index >= 15 is 0 Å². The van der Waals surface area contributed by atoms with Crippen LogP contribution >= 0.6 is 11.8 Å². The highest BCUT2D eigenvalue weighted by Crippen LogP contribution is 2.20. The predicted molar refractivity (Wildman–Crippen MR) is 79.0 cm³/mol. The highest BCUT2D eigenvalue weighted by atomic mass is 32.2. The molecule has 0 atom stereocenters. The Hall–Kier alpha value is -1.01. The molecule has 0 aliphatic carbocycles. The van der Waals surface area contributed by atoms with Crippen LogP contribution in [0.2, 0.25) is 0 Å².